The van der Waals surface area contributed by atoms with Gasteiger partial charge >= 0.3 is 0 Å². The Labute approximate surface area is 115 Å². The van der Waals surface area contributed by atoms with Crippen LogP contribution in [0.3, 0.4) is 0 Å². The van der Waals surface area contributed by atoms with E-state index in [2.05, 4.69) is 15.3 Å². The van der Waals surface area contributed by atoms with Crippen LogP contribution in [0.15, 0.2) is 24.5 Å². The van der Waals surface area contributed by atoms with E-state index >= 15 is 0 Å². The minimum Gasteiger partial charge on any atom is -0.490 e. The Morgan fingerprint density at radius 2 is 2.00 bits per heavy atom. The Bertz CT molecular complexity index is 575. The van der Waals surface area contributed by atoms with Gasteiger partial charge in [0.05, 0.1) is 17.8 Å². The molecule has 0 bridgehead atoms. The predicted octanol–water partition coefficient (Wildman–Crippen LogP) is 3.84. The molecule has 0 saturated heterocycles. The fourth-order valence-electron chi connectivity index (χ4n) is 1.48. The topological polar surface area (TPSA) is 47.0 Å². The lowest BCUT2D eigenvalue weighted by molar-refractivity contribution is 0.413. The van der Waals surface area contributed by atoms with Crippen molar-refractivity contribution in [1.82, 2.24) is 9.97 Å². The molecule has 0 spiro atoms. The highest BCUT2D eigenvalue weighted by atomic mass is 35.5. The molecule has 1 aromatic carbocycles. The van der Waals surface area contributed by atoms with E-state index in [0.717, 1.165) is 11.3 Å². The Kier molecular flexibility index (Phi) is 3.89. The number of halogens is 2. The third kappa shape index (κ3) is 2.66. The molecule has 0 aliphatic rings. The van der Waals surface area contributed by atoms with Crippen molar-refractivity contribution >= 4 is 34.7 Å². The zero-order chi connectivity index (χ0) is 13.1. The average Bonchev–Trinajstić information content (AvgIpc) is 2.34. The molecule has 1 aromatic heterocycles. The van der Waals surface area contributed by atoms with E-state index in [-0.39, 0.29) is 5.15 Å². The van der Waals surface area contributed by atoms with Gasteiger partial charge < -0.3 is 10.1 Å². The normalized spacial score (nSPS) is 10.2. The molecule has 18 heavy (non-hydrogen) atoms. The van der Waals surface area contributed by atoms with Gasteiger partial charge in [-0.1, -0.05) is 29.3 Å². The van der Waals surface area contributed by atoms with Gasteiger partial charge in [-0.15, -0.1) is 0 Å². The van der Waals surface area contributed by atoms with Gasteiger partial charge in [-0.3, -0.25) is 0 Å². The van der Waals surface area contributed by atoms with Gasteiger partial charge in [0, 0.05) is 0 Å². The molecule has 2 rings (SSSR count). The van der Waals surface area contributed by atoms with E-state index in [1.165, 1.54) is 13.4 Å². The monoisotopic (exact) mass is 283 g/mol. The van der Waals surface area contributed by atoms with Crippen molar-refractivity contribution in [3.63, 3.8) is 0 Å². The van der Waals surface area contributed by atoms with Crippen LogP contribution in [0.1, 0.15) is 5.56 Å². The smallest absolute Gasteiger partial charge is 0.199 e. The lowest BCUT2D eigenvalue weighted by Crippen LogP contribution is -2.00. The molecular formula is C12H11Cl2N3O. The molecule has 1 heterocycles. The number of hydrogen-bond acceptors (Lipinski definition) is 4. The second-order valence-corrected chi connectivity index (χ2v) is 4.42. The first kappa shape index (κ1) is 12.9. The van der Waals surface area contributed by atoms with Crippen LogP contribution in [0, 0.1) is 6.92 Å². The first-order chi connectivity index (χ1) is 8.61. The van der Waals surface area contributed by atoms with Crippen molar-refractivity contribution < 1.29 is 4.74 Å². The van der Waals surface area contributed by atoms with Gasteiger partial charge in [0.1, 0.15) is 6.33 Å². The lowest BCUT2D eigenvalue weighted by atomic mass is 10.2. The molecule has 0 unspecified atom stereocenters. The minimum atomic E-state index is 0.249. The molecule has 0 amide bonds. The standard InChI is InChI=1S/C12H11Cl2N3O/c1-7-3-4-8(13)9(5-7)17-12-10(18-2)11(14)15-6-16-12/h3-6H,1-2H3,(H,15,16,17). The molecule has 0 aliphatic carbocycles. The molecule has 94 valence electrons. The molecule has 0 atom stereocenters. The first-order valence-corrected chi connectivity index (χ1v) is 5.95. The number of rotatable bonds is 3. The maximum absolute atomic E-state index is 6.10. The van der Waals surface area contributed by atoms with E-state index in [0.29, 0.717) is 16.6 Å². The average molecular weight is 284 g/mol. The van der Waals surface area contributed by atoms with Crippen LogP contribution in [0.5, 0.6) is 5.75 Å². The van der Waals surface area contributed by atoms with E-state index in [1.54, 1.807) is 0 Å². The summed E-state index contributed by atoms with van der Waals surface area (Å²) in [6, 6.07) is 5.66. The van der Waals surface area contributed by atoms with Crippen molar-refractivity contribution in [3.8, 4) is 5.75 Å². The number of methoxy groups -OCH3 is 1. The molecule has 0 fully saturated rings. The van der Waals surface area contributed by atoms with Gasteiger partial charge in [0.25, 0.3) is 0 Å². The number of ether oxygens (including phenoxy) is 1. The number of hydrogen-bond donors (Lipinski definition) is 1. The number of nitrogens with zero attached hydrogens (tertiary/aromatic N) is 2. The molecule has 2 aromatic rings. The summed E-state index contributed by atoms with van der Waals surface area (Å²) in [5.41, 5.74) is 1.82. The molecule has 0 saturated carbocycles. The Balaban J connectivity index is 2.40. The third-order valence-corrected chi connectivity index (χ3v) is 2.94. The SMILES string of the molecule is COc1c(Cl)ncnc1Nc1cc(C)ccc1Cl. The van der Waals surface area contributed by atoms with Gasteiger partial charge in [-0.2, -0.15) is 0 Å². The number of nitrogens with one attached hydrogen (secondary N) is 1. The summed E-state index contributed by atoms with van der Waals surface area (Å²) in [6.07, 6.45) is 1.36. The second-order valence-electron chi connectivity index (χ2n) is 3.65. The summed E-state index contributed by atoms with van der Waals surface area (Å²) in [5, 5.41) is 3.92. The summed E-state index contributed by atoms with van der Waals surface area (Å²) in [7, 11) is 1.51. The summed E-state index contributed by atoms with van der Waals surface area (Å²) in [4.78, 5) is 7.93. The Hall–Kier alpha value is -1.52. The summed E-state index contributed by atoms with van der Waals surface area (Å²) in [5.74, 6) is 0.863. The number of anilines is 2. The van der Waals surface area contributed by atoms with Crippen molar-refractivity contribution in [3.05, 3.63) is 40.3 Å². The summed E-state index contributed by atoms with van der Waals surface area (Å²) in [6.45, 7) is 1.98. The van der Waals surface area contributed by atoms with E-state index in [9.17, 15) is 0 Å². The number of benzene rings is 1. The lowest BCUT2D eigenvalue weighted by Gasteiger charge is -2.12. The van der Waals surface area contributed by atoms with Gasteiger partial charge in [0.15, 0.2) is 16.7 Å². The maximum atomic E-state index is 6.10. The van der Waals surface area contributed by atoms with Crippen LogP contribution in [0.25, 0.3) is 0 Å². The van der Waals surface area contributed by atoms with Crippen molar-refractivity contribution in [2.75, 3.05) is 12.4 Å². The van der Waals surface area contributed by atoms with Crippen LogP contribution >= 0.6 is 23.2 Å². The Morgan fingerprint density at radius 1 is 1.22 bits per heavy atom. The second kappa shape index (κ2) is 5.42. The predicted molar refractivity (Wildman–Crippen MR) is 73.1 cm³/mol. The van der Waals surface area contributed by atoms with E-state index < -0.39 is 0 Å². The van der Waals surface area contributed by atoms with Crippen molar-refractivity contribution in [1.29, 1.82) is 0 Å². The zero-order valence-corrected chi connectivity index (χ0v) is 11.4. The van der Waals surface area contributed by atoms with Crippen LogP contribution in [-0.4, -0.2) is 17.1 Å². The quantitative estimate of drug-likeness (QED) is 0.870. The zero-order valence-electron chi connectivity index (χ0n) is 9.87. The largest absolute Gasteiger partial charge is 0.490 e. The highest BCUT2D eigenvalue weighted by Crippen LogP contribution is 2.33. The molecule has 0 aliphatic heterocycles. The fraction of sp³-hybridized carbons (Fsp3) is 0.167. The molecule has 6 heteroatoms. The highest BCUT2D eigenvalue weighted by Gasteiger charge is 2.11. The van der Waals surface area contributed by atoms with Gasteiger partial charge in [-0.25, -0.2) is 9.97 Å². The molecule has 1 N–H and O–H groups in total. The van der Waals surface area contributed by atoms with Crippen LogP contribution in [-0.2, 0) is 0 Å². The minimum absolute atomic E-state index is 0.249. The maximum Gasteiger partial charge on any atom is 0.199 e. The van der Waals surface area contributed by atoms with E-state index in [4.69, 9.17) is 27.9 Å². The molecular weight excluding hydrogens is 273 g/mol. The van der Waals surface area contributed by atoms with Crippen LogP contribution in [0.4, 0.5) is 11.5 Å². The Morgan fingerprint density at radius 3 is 2.72 bits per heavy atom. The summed E-state index contributed by atoms with van der Waals surface area (Å²) >= 11 is 12.0. The number of aromatic nitrogens is 2. The van der Waals surface area contributed by atoms with Crippen molar-refractivity contribution in [2.24, 2.45) is 0 Å². The molecule has 4 nitrogen and oxygen atoms in total. The van der Waals surface area contributed by atoms with Crippen LogP contribution < -0.4 is 10.1 Å². The van der Waals surface area contributed by atoms with Crippen LogP contribution in [0.2, 0.25) is 10.2 Å². The first-order valence-electron chi connectivity index (χ1n) is 5.19. The fourth-order valence-corrected chi connectivity index (χ4v) is 1.86. The van der Waals surface area contributed by atoms with Gasteiger partial charge in [-0.05, 0) is 24.6 Å². The summed E-state index contributed by atoms with van der Waals surface area (Å²) < 4.78 is 5.16. The van der Waals surface area contributed by atoms with E-state index in [1.807, 2.05) is 25.1 Å². The third-order valence-electron chi connectivity index (χ3n) is 2.34. The highest BCUT2D eigenvalue weighted by molar-refractivity contribution is 6.33. The van der Waals surface area contributed by atoms with Gasteiger partial charge in [0.2, 0.25) is 0 Å². The van der Waals surface area contributed by atoms with Crippen molar-refractivity contribution in [2.45, 2.75) is 6.92 Å². The molecule has 0 radical (unpaired) electrons. The number of aryl methyl sites for hydroxylation is 1.